The van der Waals surface area contributed by atoms with Gasteiger partial charge in [0.1, 0.15) is 0 Å². The first-order chi connectivity index (χ1) is 9.43. The van der Waals surface area contributed by atoms with Crippen molar-refractivity contribution in [1.82, 2.24) is 0 Å². The highest BCUT2D eigenvalue weighted by atomic mass is 16.4. The van der Waals surface area contributed by atoms with Crippen molar-refractivity contribution in [2.45, 2.75) is 59.0 Å². The monoisotopic (exact) mass is 280 g/mol. The first kappa shape index (κ1) is 18.7. The van der Waals surface area contributed by atoms with Gasteiger partial charge < -0.3 is 10.2 Å². The maximum atomic E-state index is 9.18. The van der Waals surface area contributed by atoms with Crippen molar-refractivity contribution >= 4 is 5.97 Å². The molecule has 20 heavy (non-hydrogen) atoms. The third kappa shape index (κ3) is 11.7. The van der Waals surface area contributed by atoms with Crippen molar-refractivity contribution < 1.29 is 15.0 Å². The van der Waals surface area contributed by atoms with Gasteiger partial charge in [0.2, 0.25) is 0 Å². The van der Waals surface area contributed by atoms with E-state index in [1.54, 1.807) is 0 Å². The van der Waals surface area contributed by atoms with E-state index >= 15 is 0 Å². The van der Waals surface area contributed by atoms with Crippen LogP contribution in [0.4, 0.5) is 0 Å². The van der Waals surface area contributed by atoms with E-state index in [0.29, 0.717) is 5.92 Å². The van der Waals surface area contributed by atoms with Crippen LogP contribution in [0.3, 0.4) is 0 Å². The van der Waals surface area contributed by atoms with Crippen LogP contribution in [0, 0.1) is 12.8 Å². The summed E-state index contributed by atoms with van der Waals surface area (Å²) in [7, 11) is 0. The summed E-state index contributed by atoms with van der Waals surface area (Å²) in [6, 6.07) is 10.3. The van der Waals surface area contributed by atoms with Crippen molar-refractivity contribution in [3.63, 3.8) is 0 Å². The summed E-state index contributed by atoms with van der Waals surface area (Å²) in [6.45, 7) is 5.08. The molecule has 1 fully saturated rings. The summed E-state index contributed by atoms with van der Waals surface area (Å²) in [4.78, 5) is 9.00. The number of aliphatic hydroxyl groups excluding tert-OH is 1. The fourth-order valence-corrected chi connectivity index (χ4v) is 2.15. The molecule has 0 spiro atoms. The number of hydrogen-bond donors (Lipinski definition) is 2. The molecule has 1 saturated carbocycles. The molecule has 0 aliphatic heterocycles. The lowest BCUT2D eigenvalue weighted by molar-refractivity contribution is -0.134. The second-order valence-electron chi connectivity index (χ2n) is 5.31. The molecular weight excluding hydrogens is 252 g/mol. The average molecular weight is 280 g/mol. The Kier molecular flexibility index (Phi) is 10.7. The largest absolute Gasteiger partial charge is 0.481 e. The lowest BCUT2D eigenvalue weighted by atomic mass is 9.86. The minimum atomic E-state index is -0.833. The lowest BCUT2D eigenvalue weighted by Gasteiger charge is -2.23. The van der Waals surface area contributed by atoms with Crippen LogP contribution in [-0.2, 0) is 4.79 Å². The molecule has 1 aliphatic carbocycles. The standard InChI is InChI=1S/C8H16O.C7H8.C2H4O2/c1-7(9)8-5-3-2-4-6-8;1-7-5-3-2-4-6-7;1-2(3)4/h7-9H,2-6H2,1H3;2-6H,1H3;1H3,(H,3,4). The van der Waals surface area contributed by atoms with Gasteiger partial charge in [0.15, 0.2) is 0 Å². The Balaban J connectivity index is 0.000000293. The van der Waals surface area contributed by atoms with Crippen LogP contribution in [0.2, 0.25) is 0 Å². The number of carboxylic acids is 1. The highest BCUT2D eigenvalue weighted by molar-refractivity contribution is 5.62. The molecule has 1 aliphatic rings. The quantitative estimate of drug-likeness (QED) is 0.816. The van der Waals surface area contributed by atoms with Crippen LogP contribution in [0.25, 0.3) is 0 Å². The van der Waals surface area contributed by atoms with Gasteiger partial charge in [0.25, 0.3) is 5.97 Å². The van der Waals surface area contributed by atoms with E-state index in [1.807, 2.05) is 25.1 Å². The molecule has 3 heteroatoms. The van der Waals surface area contributed by atoms with E-state index in [1.165, 1.54) is 37.7 Å². The van der Waals surface area contributed by atoms with Crippen LogP contribution in [0.1, 0.15) is 51.5 Å². The molecule has 1 aromatic rings. The highest BCUT2D eigenvalue weighted by Crippen LogP contribution is 2.25. The Hall–Kier alpha value is -1.35. The summed E-state index contributed by atoms with van der Waals surface area (Å²) < 4.78 is 0. The number of benzene rings is 1. The van der Waals surface area contributed by atoms with Gasteiger partial charge in [-0.1, -0.05) is 55.2 Å². The number of hydrogen-bond acceptors (Lipinski definition) is 2. The van der Waals surface area contributed by atoms with Gasteiger partial charge in [-0.15, -0.1) is 0 Å². The summed E-state index contributed by atoms with van der Waals surface area (Å²) >= 11 is 0. The molecule has 0 radical (unpaired) electrons. The molecule has 0 heterocycles. The van der Waals surface area contributed by atoms with Crippen molar-refractivity contribution in [3.8, 4) is 0 Å². The minimum Gasteiger partial charge on any atom is -0.481 e. The second kappa shape index (κ2) is 11.5. The van der Waals surface area contributed by atoms with Gasteiger partial charge in [-0.05, 0) is 32.6 Å². The molecule has 3 nitrogen and oxygen atoms in total. The summed E-state index contributed by atoms with van der Waals surface area (Å²) in [5.41, 5.74) is 1.32. The SMILES string of the molecule is CC(=O)O.CC(O)C1CCCCC1.Cc1ccccc1. The summed E-state index contributed by atoms with van der Waals surface area (Å²) in [5.74, 6) is -0.223. The molecule has 1 aromatic carbocycles. The Morgan fingerprint density at radius 2 is 1.60 bits per heavy atom. The molecule has 1 atom stereocenters. The van der Waals surface area contributed by atoms with Crippen molar-refractivity contribution in [1.29, 1.82) is 0 Å². The van der Waals surface area contributed by atoms with Crippen molar-refractivity contribution in [2.24, 2.45) is 5.92 Å². The summed E-state index contributed by atoms with van der Waals surface area (Å²) in [5, 5.41) is 16.6. The number of aryl methyl sites for hydroxylation is 1. The molecular formula is C17H28O3. The normalized spacial score (nSPS) is 16.0. The Morgan fingerprint density at radius 1 is 1.15 bits per heavy atom. The van der Waals surface area contributed by atoms with Crippen LogP contribution >= 0.6 is 0 Å². The van der Waals surface area contributed by atoms with Crippen LogP contribution in [-0.4, -0.2) is 22.3 Å². The van der Waals surface area contributed by atoms with Crippen molar-refractivity contribution in [2.75, 3.05) is 0 Å². The number of aliphatic carboxylic acids is 1. The fraction of sp³-hybridized carbons (Fsp3) is 0.588. The number of aliphatic hydroxyl groups is 1. The molecule has 1 unspecified atom stereocenters. The van der Waals surface area contributed by atoms with E-state index in [0.717, 1.165) is 6.92 Å². The zero-order valence-corrected chi connectivity index (χ0v) is 12.9. The van der Waals surface area contributed by atoms with Gasteiger partial charge in [-0.25, -0.2) is 0 Å². The van der Waals surface area contributed by atoms with E-state index in [4.69, 9.17) is 9.90 Å². The molecule has 0 aromatic heterocycles. The van der Waals surface area contributed by atoms with E-state index in [-0.39, 0.29) is 6.10 Å². The van der Waals surface area contributed by atoms with E-state index < -0.39 is 5.97 Å². The van der Waals surface area contributed by atoms with E-state index in [2.05, 4.69) is 19.1 Å². The van der Waals surface area contributed by atoms with Gasteiger partial charge in [-0.2, -0.15) is 0 Å². The molecule has 2 N–H and O–H groups in total. The van der Waals surface area contributed by atoms with Gasteiger partial charge in [0, 0.05) is 6.92 Å². The van der Waals surface area contributed by atoms with Gasteiger partial charge >= 0.3 is 0 Å². The average Bonchev–Trinajstić information content (AvgIpc) is 2.41. The third-order valence-electron chi connectivity index (χ3n) is 3.27. The third-order valence-corrected chi connectivity index (χ3v) is 3.27. The number of carbonyl (C=O) groups is 1. The zero-order valence-electron chi connectivity index (χ0n) is 12.9. The lowest BCUT2D eigenvalue weighted by Crippen LogP contribution is -2.19. The minimum absolute atomic E-state index is 0.0645. The summed E-state index contributed by atoms with van der Waals surface area (Å²) in [6.07, 6.45) is 6.47. The van der Waals surface area contributed by atoms with Gasteiger partial charge in [-0.3, -0.25) is 4.79 Å². The molecule has 0 bridgehead atoms. The molecule has 114 valence electrons. The predicted octanol–water partition coefficient (Wildman–Crippen LogP) is 4.03. The smallest absolute Gasteiger partial charge is 0.300 e. The van der Waals surface area contributed by atoms with Gasteiger partial charge in [0.05, 0.1) is 6.10 Å². The van der Waals surface area contributed by atoms with Crippen molar-refractivity contribution in [3.05, 3.63) is 35.9 Å². The molecule has 0 amide bonds. The fourth-order valence-electron chi connectivity index (χ4n) is 2.15. The second-order valence-corrected chi connectivity index (χ2v) is 5.31. The predicted molar refractivity (Wildman–Crippen MR) is 82.7 cm³/mol. The maximum absolute atomic E-state index is 9.18. The van der Waals surface area contributed by atoms with Crippen LogP contribution in [0.5, 0.6) is 0 Å². The Morgan fingerprint density at radius 3 is 1.85 bits per heavy atom. The topological polar surface area (TPSA) is 57.5 Å². The maximum Gasteiger partial charge on any atom is 0.300 e. The van der Waals surface area contributed by atoms with Crippen LogP contribution in [0.15, 0.2) is 30.3 Å². The Bertz CT molecular complexity index is 337. The Labute approximate surface area is 122 Å². The zero-order chi connectivity index (χ0) is 15.4. The number of carboxylic acid groups (broad SMARTS) is 1. The highest BCUT2D eigenvalue weighted by Gasteiger charge is 2.17. The van der Waals surface area contributed by atoms with E-state index in [9.17, 15) is 5.11 Å². The molecule has 0 saturated heterocycles. The first-order valence-corrected chi connectivity index (χ1v) is 7.32. The molecule has 2 rings (SSSR count). The first-order valence-electron chi connectivity index (χ1n) is 7.32. The van der Waals surface area contributed by atoms with Crippen LogP contribution < -0.4 is 0 Å². The number of rotatable bonds is 1.